The molecular weight excluding hydrogens is 652 g/mol. The number of aliphatic imine (C=N–C) groups is 1. The minimum Gasteiger partial charge on any atom is -0.875 e. The second-order valence-corrected chi connectivity index (χ2v) is 10.2. The van der Waals surface area contributed by atoms with Crippen molar-refractivity contribution in [3.8, 4) is 34.5 Å². The standard InChI is InChI=1S/C19H22N2O6.C14H16O4.Cr.H2O/c1-3-7-26-14-10-18(23)15(19(11-14)27-8-4-2)12-20-16-9-13(21(24)25)5-6-17(16)22;15-10-5-7-12(16)9(8-10)4-6-14(18)11-2-1-3-13(11)17;;/h5-6,9-12,22-23H,3-4,7-8H2,1-2H3;5,7-8,15-16,18H,1-4,6H2;;1H2/q;;+3;/p-3/b;14-11-;;. The van der Waals surface area contributed by atoms with E-state index in [1.807, 2.05) is 13.8 Å². The first-order valence-electron chi connectivity index (χ1n) is 14.6. The summed E-state index contributed by atoms with van der Waals surface area (Å²) in [7, 11) is 0. The van der Waals surface area contributed by atoms with Crippen molar-refractivity contribution in [2.45, 2.75) is 58.8 Å². The first-order valence-corrected chi connectivity index (χ1v) is 14.6. The number of aromatic hydroxyl groups is 2. The molecule has 14 heteroatoms. The van der Waals surface area contributed by atoms with Crippen molar-refractivity contribution >= 4 is 23.4 Å². The molecule has 3 aromatic carbocycles. The van der Waals surface area contributed by atoms with Crippen LogP contribution in [0.4, 0.5) is 11.4 Å². The first-order chi connectivity index (χ1) is 21.5. The van der Waals surface area contributed by atoms with Crippen molar-refractivity contribution in [3.63, 3.8) is 0 Å². The van der Waals surface area contributed by atoms with E-state index < -0.39 is 10.7 Å². The molecule has 0 heterocycles. The van der Waals surface area contributed by atoms with Crippen LogP contribution in [0.3, 0.4) is 0 Å². The Morgan fingerprint density at radius 2 is 1.68 bits per heavy atom. The molecule has 0 bridgehead atoms. The summed E-state index contributed by atoms with van der Waals surface area (Å²) in [5.41, 5.74) is 0.702. The van der Waals surface area contributed by atoms with Gasteiger partial charge in [0.25, 0.3) is 5.69 Å². The number of non-ortho nitro benzene ring substituents is 1. The zero-order valence-corrected chi connectivity index (χ0v) is 27.3. The molecule has 4 rings (SSSR count). The van der Waals surface area contributed by atoms with Gasteiger partial charge in [-0.1, -0.05) is 31.4 Å². The van der Waals surface area contributed by atoms with Crippen LogP contribution in [0.1, 0.15) is 63.5 Å². The number of carbonyl (C=O) groups is 1. The Hall–Kier alpha value is -4.77. The number of phenols is 2. The number of hydrogen-bond donors (Lipinski definition) is 2. The SMILES string of the molecule is CCCOc1cc([O-])c(C=Nc2cc([N+](=O)[O-])ccc2[O-])c(OCCC)c1.O.O=C1CCC/C1=C(/[O-])CCc1cc(O)ccc1O.[Cr+3]. The third kappa shape index (κ3) is 11.8. The smallest absolute Gasteiger partial charge is 0.875 e. The van der Waals surface area contributed by atoms with Crippen LogP contribution in [0.5, 0.6) is 34.5 Å². The van der Waals surface area contributed by atoms with Gasteiger partial charge in [0.05, 0.1) is 23.8 Å². The molecule has 0 spiro atoms. The van der Waals surface area contributed by atoms with Crippen molar-refractivity contribution in [2.24, 2.45) is 4.99 Å². The summed E-state index contributed by atoms with van der Waals surface area (Å²) in [5.74, 6) is -0.245. The Morgan fingerprint density at radius 1 is 0.979 bits per heavy atom. The predicted octanol–water partition coefficient (Wildman–Crippen LogP) is 3.64. The van der Waals surface area contributed by atoms with Gasteiger partial charge in [-0.2, -0.15) is 0 Å². The number of ether oxygens (including phenoxy) is 2. The Morgan fingerprint density at radius 3 is 2.32 bits per heavy atom. The van der Waals surface area contributed by atoms with Gasteiger partial charge in [-0.05, 0) is 73.9 Å². The van der Waals surface area contributed by atoms with Gasteiger partial charge in [0.15, 0.2) is 5.78 Å². The molecule has 0 amide bonds. The van der Waals surface area contributed by atoms with E-state index in [0.717, 1.165) is 37.5 Å². The number of rotatable bonds is 12. The molecule has 0 saturated heterocycles. The van der Waals surface area contributed by atoms with Crippen molar-refractivity contribution < 1.29 is 67.6 Å². The van der Waals surface area contributed by atoms with Crippen molar-refractivity contribution in [1.29, 1.82) is 0 Å². The molecular formula is C33H37CrN2O11. The number of carbonyl (C=O) groups excluding carboxylic acids is 1. The summed E-state index contributed by atoms with van der Waals surface area (Å²) >= 11 is 0. The zero-order chi connectivity index (χ0) is 32.9. The average Bonchev–Trinajstić information content (AvgIpc) is 3.45. The van der Waals surface area contributed by atoms with Gasteiger partial charge < -0.3 is 40.5 Å². The second-order valence-electron chi connectivity index (χ2n) is 10.2. The molecule has 0 atom stereocenters. The summed E-state index contributed by atoms with van der Waals surface area (Å²) < 4.78 is 11.1. The van der Waals surface area contributed by atoms with Gasteiger partial charge in [-0.25, -0.2) is 0 Å². The third-order valence-corrected chi connectivity index (χ3v) is 6.69. The number of nitro benzene ring substituents is 1. The van der Waals surface area contributed by atoms with Crippen molar-refractivity contribution in [3.05, 3.63) is 81.1 Å². The van der Waals surface area contributed by atoms with Crippen LogP contribution in [-0.4, -0.2) is 45.8 Å². The minimum atomic E-state index is -0.618. The molecule has 1 aliphatic rings. The van der Waals surface area contributed by atoms with Crippen molar-refractivity contribution in [2.75, 3.05) is 13.2 Å². The van der Waals surface area contributed by atoms with Crippen LogP contribution in [0, 0.1) is 10.1 Å². The molecule has 1 saturated carbocycles. The maximum atomic E-state index is 12.4. The molecule has 251 valence electrons. The first kappa shape index (κ1) is 40.3. The summed E-state index contributed by atoms with van der Waals surface area (Å²) in [6.07, 6.45) is 5.05. The molecule has 1 radical (unpaired) electrons. The van der Waals surface area contributed by atoms with Crippen LogP contribution >= 0.6 is 0 Å². The molecule has 0 unspecified atom stereocenters. The molecule has 0 aromatic heterocycles. The fourth-order valence-electron chi connectivity index (χ4n) is 4.38. The Labute approximate surface area is 283 Å². The molecule has 0 aliphatic heterocycles. The van der Waals surface area contributed by atoms with Crippen LogP contribution < -0.4 is 24.8 Å². The quantitative estimate of drug-likeness (QED) is 0.0700. The van der Waals surface area contributed by atoms with E-state index in [4.69, 9.17) is 9.47 Å². The molecule has 1 fully saturated rings. The number of ketones is 1. The van der Waals surface area contributed by atoms with Gasteiger partial charge in [-0.15, -0.1) is 5.76 Å². The van der Waals surface area contributed by atoms with Crippen LogP contribution in [-0.2, 0) is 28.6 Å². The molecule has 1 aliphatic carbocycles. The number of nitro groups is 1. The Bertz CT molecular complexity index is 1570. The Balaban J connectivity index is 0.000000483. The Kier molecular flexibility index (Phi) is 16.9. The van der Waals surface area contributed by atoms with E-state index in [1.54, 1.807) is 6.07 Å². The number of allylic oxidation sites excluding steroid dienone is 2. The van der Waals surface area contributed by atoms with Crippen molar-refractivity contribution in [1.82, 2.24) is 0 Å². The topological polar surface area (TPSA) is 232 Å². The number of hydrogen-bond acceptors (Lipinski definition) is 11. The maximum absolute atomic E-state index is 12.4. The van der Waals surface area contributed by atoms with E-state index in [9.17, 15) is 40.4 Å². The number of Topliss-reactive ketones (excluding diaryl/α,β-unsaturated/α-hetero) is 1. The molecule has 13 nitrogen and oxygen atoms in total. The summed E-state index contributed by atoms with van der Waals surface area (Å²) in [4.78, 5) is 25.6. The van der Waals surface area contributed by atoms with E-state index in [1.165, 1.54) is 30.5 Å². The maximum Gasteiger partial charge on any atom is 3.00 e. The van der Waals surface area contributed by atoms with Gasteiger partial charge in [0, 0.05) is 36.4 Å². The van der Waals surface area contributed by atoms with Crippen LogP contribution in [0.15, 0.2) is 64.9 Å². The predicted molar refractivity (Wildman–Crippen MR) is 165 cm³/mol. The van der Waals surface area contributed by atoms with Crippen LogP contribution in [0.25, 0.3) is 0 Å². The molecule has 47 heavy (non-hydrogen) atoms. The van der Waals surface area contributed by atoms with E-state index >= 15 is 0 Å². The summed E-state index contributed by atoms with van der Waals surface area (Å²) in [5, 5.41) is 65.8. The van der Waals surface area contributed by atoms with Gasteiger partial charge >= 0.3 is 17.4 Å². The van der Waals surface area contributed by atoms with Crippen LogP contribution in [0.2, 0.25) is 0 Å². The normalized spacial score (nSPS) is 13.2. The zero-order valence-electron chi connectivity index (χ0n) is 26.0. The number of nitrogens with zero attached hydrogens (tertiary/aromatic N) is 2. The molecule has 4 N–H and O–H groups in total. The second kappa shape index (κ2) is 19.7. The largest absolute Gasteiger partial charge is 3.00 e. The fraction of sp³-hybridized carbons (Fsp3) is 0.333. The average molecular weight is 690 g/mol. The summed E-state index contributed by atoms with van der Waals surface area (Å²) in [6, 6.07) is 10.4. The number of aryl methyl sites for hydroxylation is 1. The van der Waals surface area contributed by atoms with Gasteiger partial charge in [0.1, 0.15) is 23.0 Å². The fourth-order valence-corrected chi connectivity index (χ4v) is 4.38. The van der Waals surface area contributed by atoms with Gasteiger partial charge in [0.2, 0.25) is 0 Å². The van der Waals surface area contributed by atoms with E-state index in [-0.39, 0.29) is 80.7 Å². The van der Waals surface area contributed by atoms with E-state index in [0.29, 0.717) is 49.4 Å². The monoisotopic (exact) mass is 689 g/mol. The van der Waals surface area contributed by atoms with Gasteiger partial charge in [-0.3, -0.25) is 19.9 Å². The summed E-state index contributed by atoms with van der Waals surface area (Å²) in [6.45, 7) is 4.73. The minimum absolute atomic E-state index is 0. The third-order valence-electron chi connectivity index (χ3n) is 6.69. The number of phenolic OH excluding ortho intramolecular Hbond substituents is 2. The number of benzene rings is 3. The molecule has 3 aromatic rings. The van der Waals surface area contributed by atoms with E-state index in [2.05, 4.69) is 4.99 Å².